The maximum absolute atomic E-state index is 5.52. The Bertz CT molecular complexity index is 557. The van der Waals surface area contributed by atoms with Crippen molar-refractivity contribution in [2.45, 2.75) is 12.6 Å². The zero-order chi connectivity index (χ0) is 14.5. The Kier molecular flexibility index (Phi) is 4.47. The van der Waals surface area contributed by atoms with Gasteiger partial charge in [0.05, 0.1) is 19.7 Å². The Labute approximate surface area is 124 Å². The van der Waals surface area contributed by atoms with Gasteiger partial charge in [0.1, 0.15) is 18.4 Å². The topological polar surface area (TPSA) is 55.2 Å². The number of methoxy groups -OCH3 is 1. The fourth-order valence-electron chi connectivity index (χ4n) is 2.84. The van der Waals surface area contributed by atoms with Crippen LogP contribution in [0.25, 0.3) is 0 Å². The van der Waals surface area contributed by atoms with Gasteiger partial charge in [0.2, 0.25) is 0 Å². The Hall–Kier alpha value is -1.92. The minimum Gasteiger partial charge on any atom is -0.496 e. The Morgan fingerprint density at radius 2 is 2.24 bits per heavy atom. The van der Waals surface area contributed by atoms with E-state index >= 15 is 0 Å². The highest BCUT2D eigenvalue weighted by atomic mass is 16.5. The van der Waals surface area contributed by atoms with E-state index in [0.717, 1.165) is 38.5 Å². The van der Waals surface area contributed by atoms with Crippen LogP contribution in [0.3, 0.4) is 0 Å². The van der Waals surface area contributed by atoms with E-state index < -0.39 is 0 Å². The number of piperazine rings is 1. The third-order valence-electron chi connectivity index (χ3n) is 3.94. The molecule has 2 aromatic rings. The molecule has 0 aliphatic carbocycles. The SMILES string of the molecule is COc1ccccc1C1CNCCN1CCn1cncn1. The van der Waals surface area contributed by atoms with Gasteiger partial charge in [0.15, 0.2) is 0 Å². The zero-order valence-electron chi connectivity index (χ0n) is 12.3. The van der Waals surface area contributed by atoms with Gasteiger partial charge in [-0.3, -0.25) is 9.58 Å². The van der Waals surface area contributed by atoms with Crippen molar-refractivity contribution in [1.82, 2.24) is 25.0 Å². The van der Waals surface area contributed by atoms with E-state index in [0.29, 0.717) is 6.04 Å². The van der Waals surface area contributed by atoms with Gasteiger partial charge < -0.3 is 10.1 Å². The minimum absolute atomic E-state index is 0.332. The van der Waals surface area contributed by atoms with E-state index in [1.54, 1.807) is 19.8 Å². The average Bonchev–Trinajstić information content (AvgIpc) is 3.06. The highest BCUT2D eigenvalue weighted by Gasteiger charge is 2.25. The van der Waals surface area contributed by atoms with Gasteiger partial charge in [0, 0.05) is 31.7 Å². The molecule has 0 bridgehead atoms. The van der Waals surface area contributed by atoms with Crippen LogP contribution < -0.4 is 10.1 Å². The minimum atomic E-state index is 0.332. The van der Waals surface area contributed by atoms with E-state index in [9.17, 15) is 0 Å². The first kappa shape index (κ1) is 14.0. The Morgan fingerprint density at radius 3 is 3.05 bits per heavy atom. The molecule has 21 heavy (non-hydrogen) atoms. The molecule has 1 aliphatic heterocycles. The standard InChI is InChI=1S/C15H21N5O/c1-21-15-5-3-2-4-13(15)14-10-16-6-7-19(14)8-9-20-12-17-11-18-20/h2-5,11-12,14,16H,6-10H2,1H3. The first-order valence-electron chi connectivity index (χ1n) is 7.28. The maximum atomic E-state index is 5.52. The van der Waals surface area contributed by atoms with Crippen molar-refractivity contribution in [2.75, 3.05) is 33.3 Å². The molecule has 1 N–H and O–H groups in total. The molecule has 2 heterocycles. The molecule has 1 aliphatic rings. The Morgan fingerprint density at radius 1 is 1.33 bits per heavy atom. The molecule has 1 fully saturated rings. The molecule has 0 saturated carbocycles. The molecule has 6 heteroatoms. The van der Waals surface area contributed by atoms with Gasteiger partial charge in [-0.2, -0.15) is 5.10 Å². The molecule has 0 spiro atoms. The van der Waals surface area contributed by atoms with E-state index in [1.165, 1.54) is 5.56 Å². The van der Waals surface area contributed by atoms with Crippen molar-refractivity contribution in [3.63, 3.8) is 0 Å². The Balaban J connectivity index is 1.74. The summed E-state index contributed by atoms with van der Waals surface area (Å²) in [6.45, 7) is 4.79. The van der Waals surface area contributed by atoms with E-state index in [1.807, 2.05) is 16.8 Å². The lowest BCUT2D eigenvalue weighted by Crippen LogP contribution is -2.47. The second-order valence-corrected chi connectivity index (χ2v) is 5.16. The third kappa shape index (κ3) is 3.22. The summed E-state index contributed by atoms with van der Waals surface area (Å²) in [7, 11) is 1.73. The van der Waals surface area contributed by atoms with Crippen molar-refractivity contribution in [3.05, 3.63) is 42.5 Å². The van der Waals surface area contributed by atoms with Crippen molar-refractivity contribution < 1.29 is 4.74 Å². The smallest absolute Gasteiger partial charge is 0.137 e. The summed E-state index contributed by atoms with van der Waals surface area (Å²) in [6.07, 6.45) is 3.34. The van der Waals surface area contributed by atoms with Crippen LogP contribution in [-0.2, 0) is 6.54 Å². The fourth-order valence-corrected chi connectivity index (χ4v) is 2.84. The average molecular weight is 287 g/mol. The summed E-state index contributed by atoms with van der Waals surface area (Å²) in [5.74, 6) is 0.956. The lowest BCUT2D eigenvalue weighted by molar-refractivity contribution is 0.151. The molecular weight excluding hydrogens is 266 g/mol. The fraction of sp³-hybridized carbons (Fsp3) is 0.467. The van der Waals surface area contributed by atoms with Gasteiger partial charge in [-0.25, -0.2) is 4.98 Å². The van der Waals surface area contributed by atoms with Gasteiger partial charge in [0.25, 0.3) is 0 Å². The predicted octanol–water partition coefficient (Wildman–Crippen LogP) is 0.933. The van der Waals surface area contributed by atoms with Gasteiger partial charge in [-0.05, 0) is 6.07 Å². The maximum Gasteiger partial charge on any atom is 0.137 e. The quantitative estimate of drug-likeness (QED) is 0.887. The monoisotopic (exact) mass is 287 g/mol. The van der Waals surface area contributed by atoms with Gasteiger partial charge >= 0.3 is 0 Å². The van der Waals surface area contributed by atoms with Crippen LogP contribution >= 0.6 is 0 Å². The highest BCUT2D eigenvalue weighted by Crippen LogP contribution is 2.29. The third-order valence-corrected chi connectivity index (χ3v) is 3.94. The summed E-state index contributed by atoms with van der Waals surface area (Å²) < 4.78 is 7.39. The van der Waals surface area contributed by atoms with Crippen molar-refractivity contribution >= 4 is 0 Å². The van der Waals surface area contributed by atoms with Gasteiger partial charge in [-0.15, -0.1) is 0 Å². The molecule has 1 unspecified atom stereocenters. The van der Waals surface area contributed by atoms with Crippen molar-refractivity contribution in [3.8, 4) is 5.75 Å². The van der Waals surface area contributed by atoms with Crippen LogP contribution in [0.4, 0.5) is 0 Å². The number of ether oxygens (including phenoxy) is 1. The van der Waals surface area contributed by atoms with Gasteiger partial charge in [-0.1, -0.05) is 18.2 Å². The number of hydrogen-bond acceptors (Lipinski definition) is 5. The first-order chi connectivity index (χ1) is 10.4. The van der Waals surface area contributed by atoms with Crippen molar-refractivity contribution in [2.24, 2.45) is 0 Å². The van der Waals surface area contributed by atoms with Crippen LogP contribution in [-0.4, -0.2) is 53.0 Å². The van der Waals surface area contributed by atoms with E-state index in [4.69, 9.17) is 4.74 Å². The molecule has 3 rings (SSSR count). The van der Waals surface area contributed by atoms with Crippen LogP contribution in [0.1, 0.15) is 11.6 Å². The molecule has 1 saturated heterocycles. The summed E-state index contributed by atoms with van der Waals surface area (Å²) in [5.41, 5.74) is 1.24. The van der Waals surface area contributed by atoms with Crippen LogP contribution in [0.2, 0.25) is 0 Å². The van der Waals surface area contributed by atoms with E-state index in [2.05, 4.69) is 32.4 Å². The number of benzene rings is 1. The largest absolute Gasteiger partial charge is 0.496 e. The van der Waals surface area contributed by atoms with Crippen LogP contribution in [0.5, 0.6) is 5.75 Å². The van der Waals surface area contributed by atoms with Crippen molar-refractivity contribution in [1.29, 1.82) is 0 Å². The number of rotatable bonds is 5. The molecule has 0 radical (unpaired) electrons. The molecular formula is C15H21N5O. The van der Waals surface area contributed by atoms with Crippen LogP contribution in [0, 0.1) is 0 Å². The number of hydrogen-bond donors (Lipinski definition) is 1. The predicted molar refractivity (Wildman–Crippen MR) is 80.2 cm³/mol. The first-order valence-corrected chi connectivity index (χ1v) is 7.28. The number of aromatic nitrogens is 3. The summed E-state index contributed by atoms with van der Waals surface area (Å²) in [5, 5.41) is 7.65. The lowest BCUT2D eigenvalue weighted by Gasteiger charge is -2.37. The van der Waals surface area contributed by atoms with Crippen LogP contribution in [0.15, 0.2) is 36.9 Å². The lowest BCUT2D eigenvalue weighted by atomic mass is 10.0. The number of para-hydroxylation sites is 1. The summed E-state index contributed by atoms with van der Waals surface area (Å²) >= 11 is 0. The second kappa shape index (κ2) is 6.69. The molecule has 6 nitrogen and oxygen atoms in total. The van der Waals surface area contributed by atoms with E-state index in [-0.39, 0.29) is 0 Å². The normalized spacial score (nSPS) is 19.6. The molecule has 1 atom stereocenters. The molecule has 112 valence electrons. The highest BCUT2D eigenvalue weighted by molar-refractivity contribution is 5.36. The molecule has 1 aromatic heterocycles. The molecule has 0 amide bonds. The summed E-state index contributed by atoms with van der Waals surface area (Å²) in [6, 6.07) is 8.59. The number of nitrogens with zero attached hydrogens (tertiary/aromatic N) is 4. The summed E-state index contributed by atoms with van der Waals surface area (Å²) in [4.78, 5) is 6.47. The zero-order valence-corrected chi connectivity index (χ0v) is 12.3. The number of nitrogens with one attached hydrogen (secondary N) is 1. The second-order valence-electron chi connectivity index (χ2n) is 5.16. The molecule has 1 aromatic carbocycles.